The van der Waals surface area contributed by atoms with Gasteiger partial charge in [-0.25, -0.2) is 13.4 Å². The zero-order valence-corrected chi connectivity index (χ0v) is 17.1. The molecular formula is C22H19N5O2S. The molecular weight excluding hydrogens is 398 g/mol. The highest BCUT2D eigenvalue weighted by Gasteiger charge is 2.26. The second kappa shape index (κ2) is 7.07. The van der Waals surface area contributed by atoms with Crippen LogP contribution in [0, 0.1) is 0 Å². The first-order valence-electron chi connectivity index (χ1n) is 9.53. The van der Waals surface area contributed by atoms with Crippen molar-refractivity contribution in [2.45, 2.75) is 6.42 Å². The van der Waals surface area contributed by atoms with E-state index in [1.54, 1.807) is 18.6 Å². The summed E-state index contributed by atoms with van der Waals surface area (Å²) < 4.78 is 25.7. The maximum Gasteiger partial charge on any atom is 0.232 e. The van der Waals surface area contributed by atoms with Crippen LogP contribution in [0.4, 0.5) is 17.2 Å². The van der Waals surface area contributed by atoms with Gasteiger partial charge in [-0.1, -0.05) is 6.07 Å². The molecule has 3 aromatic heterocycles. The highest BCUT2D eigenvalue weighted by Crippen LogP contribution is 2.34. The molecule has 1 aliphatic heterocycles. The van der Waals surface area contributed by atoms with Gasteiger partial charge in [0.2, 0.25) is 10.0 Å². The number of nitrogens with one attached hydrogen (secondary N) is 1. The zero-order chi connectivity index (χ0) is 20.7. The third kappa shape index (κ3) is 3.35. The molecule has 0 spiro atoms. The van der Waals surface area contributed by atoms with E-state index in [0.717, 1.165) is 39.1 Å². The number of hydrogen-bond donors (Lipinski definition) is 1. The van der Waals surface area contributed by atoms with Crippen LogP contribution in [0.15, 0.2) is 67.1 Å². The molecule has 0 saturated heterocycles. The fourth-order valence-corrected chi connectivity index (χ4v) is 4.70. The fourth-order valence-electron chi connectivity index (χ4n) is 3.75. The molecule has 0 fully saturated rings. The molecule has 0 atom stereocenters. The average Bonchev–Trinajstić information content (AvgIpc) is 3.18. The van der Waals surface area contributed by atoms with E-state index in [1.807, 2.05) is 48.5 Å². The summed E-state index contributed by atoms with van der Waals surface area (Å²) >= 11 is 0. The molecule has 0 unspecified atom stereocenters. The third-order valence-corrected chi connectivity index (χ3v) is 6.36. The van der Waals surface area contributed by atoms with Crippen LogP contribution in [0.1, 0.15) is 5.56 Å². The van der Waals surface area contributed by atoms with Crippen molar-refractivity contribution < 1.29 is 8.42 Å². The van der Waals surface area contributed by atoms with Crippen LogP contribution in [-0.2, 0) is 16.4 Å². The van der Waals surface area contributed by atoms with E-state index in [0.29, 0.717) is 18.8 Å². The number of fused-ring (bicyclic) bond motifs is 2. The molecule has 4 aromatic rings. The first-order valence-corrected chi connectivity index (χ1v) is 11.4. The molecule has 8 heteroatoms. The lowest BCUT2D eigenvalue weighted by molar-refractivity contribution is 0.598. The number of benzene rings is 1. The Bertz CT molecular complexity index is 1360. The monoisotopic (exact) mass is 417 g/mol. The van der Waals surface area contributed by atoms with Gasteiger partial charge in [-0.3, -0.25) is 14.3 Å². The smallest absolute Gasteiger partial charge is 0.232 e. The Balaban J connectivity index is 1.59. The molecule has 1 N–H and O–H groups in total. The molecule has 0 bridgehead atoms. The van der Waals surface area contributed by atoms with E-state index in [2.05, 4.69) is 15.3 Å². The Hall–Kier alpha value is -3.52. The van der Waals surface area contributed by atoms with Crippen molar-refractivity contribution in [3.05, 3.63) is 72.7 Å². The van der Waals surface area contributed by atoms with E-state index in [9.17, 15) is 8.42 Å². The largest absolute Gasteiger partial charge is 0.340 e. The predicted molar refractivity (Wildman–Crippen MR) is 118 cm³/mol. The Kier molecular flexibility index (Phi) is 4.36. The van der Waals surface area contributed by atoms with Crippen molar-refractivity contribution in [3.63, 3.8) is 0 Å². The molecule has 150 valence electrons. The van der Waals surface area contributed by atoms with E-state index < -0.39 is 10.0 Å². The highest BCUT2D eigenvalue weighted by atomic mass is 32.2. The lowest BCUT2D eigenvalue weighted by atomic mass is 10.1. The first kappa shape index (κ1) is 18.5. The van der Waals surface area contributed by atoms with Crippen molar-refractivity contribution in [3.8, 4) is 11.3 Å². The number of hydrogen-bond acceptors (Lipinski definition) is 6. The third-order valence-electron chi connectivity index (χ3n) is 5.18. The molecule has 4 heterocycles. The fraction of sp³-hybridized carbons (Fsp3) is 0.136. The Labute approximate surface area is 174 Å². The Morgan fingerprint density at radius 2 is 1.87 bits per heavy atom. The molecule has 7 nitrogen and oxygen atoms in total. The summed E-state index contributed by atoms with van der Waals surface area (Å²) in [4.78, 5) is 13.4. The van der Waals surface area contributed by atoms with Gasteiger partial charge in [0.25, 0.3) is 0 Å². The molecule has 5 rings (SSSR count). The minimum Gasteiger partial charge on any atom is -0.340 e. The standard InChI is InChI=1S/C22H19N5O2S/c1-30(28,29)27-12-8-16-4-5-17(13-21(16)27)25-22-18-3-2-9-24-20(18)14-19(26-22)15-6-10-23-11-7-15/h2-7,9-11,13-14H,8,12H2,1H3,(H,25,26). The normalized spacial score (nSPS) is 13.4. The summed E-state index contributed by atoms with van der Waals surface area (Å²) in [6, 6.07) is 15.4. The van der Waals surface area contributed by atoms with Gasteiger partial charge in [-0.2, -0.15) is 0 Å². The maximum absolute atomic E-state index is 12.1. The molecule has 0 saturated carbocycles. The number of pyridine rings is 3. The van der Waals surface area contributed by atoms with Crippen LogP contribution in [0.2, 0.25) is 0 Å². The summed E-state index contributed by atoms with van der Waals surface area (Å²) in [5.74, 6) is 0.663. The summed E-state index contributed by atoms with van der Waals surface area (Å²) in [5, 5.41) is 4.26. The predicted octanol–water partition coefficient (Wildman–Crippen LogP) is 3.76. The van der Waals surface area contributed by atoms with Gasteiger partial charge in [0.15, 0.2) is 0 Å². The van der Waals surface area contributed by atoms with E-state index >= 15 is 0 Å². The number of anilines is 3. The molecule has 0 radical (unpaired) electrons. The quantitative estimate of drug-likeness (QED) is 0.544. The lowest BCUT2D eigenvalue weighted by Crippen LogP contribution is -2.27. The van der Waals surface area contributed by atoms with Crippen molar-refractivity contribution in [1.82, 2.24) is 15.0 Å². The van der Waals surface area contributed by atoms with Crippen molar-refractivity contribution >= 4 is 38.1 Å². The second-order valence-corrected chi connectivity index (χ2v) is 9.12. The van der Waals surface area contributed by atoms with Crippen molar-refractivity contribution in [2.75, 3.05) is 22.4 Å². The summed E-state index contributed by atoms with van der Waals surface area (Å²) in [7, 11) is -3.31. The van der Waals surface area contributed by atoms with Gasteiger partial charge in [-0.15, -0.1) is 0 Å². The van der Waals surface area contributed by atoms with Gasteiger partial charge < -0.3 is 5.32 Å². The summed E-state index contributed by atoms with van der Waals surface area (Å²) in [6.07, 6.45) is 7.16. The van der Waals surface area contributed by atoms with E-state index in [-0.39, 0.29) is 0 Å². The van der Waals surface area contributed by atoms with Crippen LogP contribution in [0.25, 0.3) is 22.2 Å². The minimum absolute atomic E-state index is 0.472. The van der Waals surface area contributed by atoms with Crippen molar-refractivity contribution in [1.29, 1.82) is 0 Å². The van der Waals surface area contributed by atoms with E-state index in [4.69, 9.17) is 4.98 Å². The summed E-state index contributed by atoms with van der Waals surface area (Å²) in [6.45, 7) is 0.472. The molecule has 0 amide bonds. The van der Waals surface area contributed by atoms with Gasteiger partial charge in [-0.05, 0) is 54.4 Å². The minimum atomic E-state index is -3.31. The number of rotatable bonds is 4. The van der Waals surface area contributed by atoms with Crippen LogP contribution in [0.3, 0.4) is 0 Å². The summed E-state index contributed by atoms with van der Waals surface area (Å²) in [5.41, 5.74) is 5.06. The topological polar surface area (TPSA) is 88.1 Å². The lowest BCUT2D eigenvalue weighted by Gasteiger charge is -2.18. The zero-order valence-electron chi connectivity index (χ0n) is 16.3. The highest BCUT2D eigenvalue weighted by molar-refractivity contribution is 7.92. The van der Waals surface area contributed by atoms with Crippen LogP contribution < -0.4 is 9.62 Å². The Morgan fingerprint density at radius 3 is 2.67 bits per heavy atom. The maximum atomic E-state index is 12.1. The Morgan fingerprint density at radius 1 is 1.03 bits per heavy atom. The molecule has 30 heavy (non-hydrogen) atoms. The van der Waals surface area contributed by atoms with Gasteiger partial charge >= 0.3 is 0 Å². The molecule has 0 aliphatic carbocycles. The molecule has 1 aliphatic rings. The average molecular weight is 417 g/mol. The van der Waals surface area contributed by atoms with Gasteiger partial charge in [0, 0.05) is 41.8 Å². The number of aromatic nitrogens is 3. The first-order chi connectivity index (χ1) is 14.5. The number of nitrogens with zero attached hydrogens (tertiary/aromatic N) is 4. The van der Waals surface area contributed by atoms with Crippen LogP contribution >= 0.6 is 0 Å². The van der Waals surface area contributed by atoms with E-state index in [1.165, 1.54) is 10.6 Å². The van der Waals surface area contributed by atoms with Crippen LogP contribution in [0.5, 0.6) is 0 Å². The molecule has 1 aromatic carbocycles. The second-order valence-electron chi connectivity index (χ2n) is 7.22. The van der Waals surface area contributed by atoms with Crippen molar-refractivity contribution in [2.24, 2.45) is 0 Å². The van der Waals surface area contributed by atoms with Crippen LogP contribution in [-0.4, -0.2) is 36.2 Å². The number of sulfonamides is 1. The van der Waals surface area contributed by atoms with Gasteiger partial charge in [0.05, 0.1) is 23.2 Å². The van der Waals surface area contributed by atoms with Gasteiger partial charge in [0.1, 0.15) is 5.82 Å². The SMILES string of the molecule is CS(=O)(=O)N1CCc2ccc(Nc3nc(-c4ccncc4)cc4ncccc34)cc21.